The topological polar surface area (TPSA) is 26.3 Å². The Hall–Kier alpha value is -1.35. The quantitative estimate of drug-likeness (QED) is 0.558. The zero-order valence-electron chi connectivity index (χ0n) is 9.78. The average molecular weight is 208 g/mol. The number of ether oxygens (including phenoxy) is 1. The fraction of sp³-hybridized carbons (Fsp3) is 0.417. The van der Waals surface area contributed by atoms with Crippen LogP contribution >= 0.6 is 0 Å². The number of methoxy groups -OCH3 is 1. The molecule has 15 heavy (non-hydrogen) atoms. The number of nitrogens with zero attached hydrogens (tertiary/aromatic N) is 1. The van der Waals surface area contributed by atoms with Gasteiger partial charge in [-0.15, -0.1) is 0 Å². The zero-order chi connectivity index (χ0) is 11.5. The van der Waals surface area contributed by atoms with E-state index < -0.39 is 0 Å². The minimum absolute atomic E-state index is 0.285. The number of benzene rings is 1. The van der Waals surface area contributed by atoms with Crippen LogP contribution < -0.4 is 0 Å². The van der Waals surface area contributed by atoms with Crippen LogP contribution in [0.5, 0.6) is 0 Å². The molecule has 0 radical (unpaired) electrons. The zero-order valence-corrected chi connectivity index (χ0v) is 9.78. The molecule has 0 aromatic heterocycles. The largest absolute Gasteiger partial charge is 0.465 e. The Labute approximate surface area is 90.9 Å². The lowest BCUT2D eigenvalue weighted by Crippen LogP contribution is -2.33. The Morgan fingerprint density at radius 1 is 1.20 bits per heavy atom. The molecule has 0 saturated carbocycles. The highest BCUT2D eigenvalue weighted by Gasteiger charge is 2.09. The molecule has 1 rings (SSSR count). The third-order valence-corrected chi connectivity index (χ3v) is 2.03. The van der Waals surface area contributed by atoms with Crippen LogP contribution in [0.25, 0.3) is 0 Å². The summed E-state index contributed by atoms with van der Waals surface area (Å²) >= 11 is 0. The van der Waals surface area contributed by atoms with Gasteiger partial charge in [0.2, 0.25) is 0 Å². The molecule has 1 aromatic carbocycles. The van der Waals surface area contributed by atoms with Gasteiger partial charge in [-0.05, 0) is 12.1 Å². The van der Waals surface area contributed by atoms with E-state index in [4.69, 9.17) is 0 Å². The van der Waals surface area contributed by atoms with Gasteiger partial charge in [-0.2, -0.15) is 0 Å². The van der Waals surface area contributed by atoms with Crippen LogP contribution in [0.2, 0.25) is 0 Å². The van der Waals surface area contributed by atoms with E-state index in [-0.39, 0.29) is 5.97 Å². The fourth-order valence-corrected chi connectivity index (χ4v) is 1.41. The summed E-state index contributed by atoms with van der Waals surface area (Å²) in [6.07, 6.45) is 0. The molecule has 0 atom stereocenters. The molecule has 0 amide bonds. The van der Waals surface area contributed by atoms with E-state index in [1.165, 1.54) is 12.7 Å². The van der Waals surface area contributed by atoms with Gasteiger partial charge in [0.1, 0.15) is 6.54 Å². The molecule has 0 fully saturated rings. The summed E-state index contributed by atoms with van der Waals surface area (Å²) in [4.78, 5) is 11.2. The van der Waals surface area contributed by atoms with E-state index in [9.17, 15) is 4.79 Å². The number of carbonyl (C=O) groups is 1. The van der Waals surface area contributed by atoms with Gasteiger partial charge in [0.25, 0.3) is 0 Å². The molecule has 0 bridgehead atoms. The first-order valence-corrected chi connectivity index (χ1v) is 4.90. The Bertz CT molecular complexity index is 336. The Balaban J connectivity index is 2.77. The molecule has 3 nitrogen and oxygen atoms in total. The van der Waals surface area contributed by atoms with Crippen LogP contribution in [0, 0.1) is 0 Å². The Kier molecular flexibility index (Phi) is 3.48. The number of rotatable bonds is 3. The van der Waals surface area contributed by atoms with Crippen molar-refractivity contribution in [2.45, 2.75) is 6.54 Å². The molecule has 82 valence electrons. The number of esters is 1. The Morgan fingerprint density at radius 3 is 2.13 bits per heavy atom. The molecular weight excluding hydrogens is 190 g/mol. The summed E-state index contributed by atoms with van der Waals surface area (Å²) in [7, 11) is 7.79. The van der Waals surface area contributed by atoms with Crippen LogP contribution in [0.4, 0.5) is 0 Å². The van der Waals surface area contributed by atoms with Crippen molar-refractivity contribution in [3.63, 3.8) is 0 Å². The summed E-state index contributed by atoms with van der Waals surface area (Å²) < 4.78 is 5.51. The van der Waals surface area contributed by atoms with Crippen molar-refractivity contribution in [3.8, 4) is 0 Å². The monoisotopic (exact) mass is 208 g/mol. The summed E-state index contributed by atoms with van der Waals surface area (Å²) in [6, 6.07) is 7.54. The third kappa shape index (κ3) is 3.72. The first kappa shape index (κ1) is 11.7. The van der Waals surface area contributed by atoms with Gasteiger partial charge in [-0.1, -0.05) is 12.1 Å². The second kappa shape index (κ2) is 4.45. The highest BCUT2D eigenvalue weighted by Crippen LogP contribution is 2.09. The molecule has 0 aliphatic carbocycles. The maximum atomic E-state index is 11.2. The molecule has 0 heterocycles. The fourth-order valence-electron chi connectivity index (χ4n) is 1.41. The van der Waals surface area contributed by atoms with Crippen molar-refractivity contribution >= 4 is 5.97 Å². The van der Waals surface area contributed by atoms with Gasteiger partial charge in [-0.25, -0.2) is 4.79 Å². The van der Waals surface area contributed by atoms with Gasteiger partial charge in [0, 0.05) is 5.56 Å². The predicted molar refractivity (Wildman–Crippen MR) is 59.5 cm³/mol. The summed E-state index contributed by atoms with van der Waals surface area (Å²) in [5.74, 6) is -0.285. The Morgan fingerprint density at radius 2 is 1.73 bits per heavy atom. The second-order valence-electron chi connectivity index (χ2n) is 4.64. The maximum Gasteiger partial charge on any atom is 0.337 e. The van der Waals surface area contributed by atoms with Crippen LogP contribution in [0.3, 0.4) is 0 Å². The number of quaternary nitrogens is 1. The molecule has 0 spiro atoms. The first-order chi connectivity index (χ1) is 6.92. The van der Waals surface area contributed by atoms with Crippen LogP contribution in [0.1, 0.15) is 15.9 Å². The summed E-state index contributed by atoms with van der Waals surface area (Å²) in [5.41, 5.74) is 1.82. The number of hydrogen-bond donors (Lipinski definition) is 0. The minimum atomic E-state index is -0.285. The lowest BCUT2D eigenvalue weighted by molar-refractivity contribution is -0.884. The highest BCUT2D eigenvalue weighted by molar-refractivity contribution is 5.89. The van der Waals surface area contributed by atoms with E-state index in [1.807, 2.05) is 12.1 Å². The molecule has 1 aromatic rings. The molecule has 0 saturated heterocycles. The average Bonchev–Trinajstić information content (AvgIpc) is 2.15. The third-order valence-electron chi connectivity index (χ3n) is 2.03. The van der Waals surface area contributed by atoms with Crippen molar-refractivity contribution < 1.29 is 14.0 Å². The SMILES string of the molecule is COC(=O)c1ccc(C[N+](C)(C)C)cc1. The van der Waals surface area contributed by atoms with Crippen molar-refractivity contribution in [2.24, 2.45) is 0 Å². The molecule has 0 aliphatic rings. The summed E-state index contributed by atoms with van der Waals surface area (Å²) in [5, 5.41) is 0. The second-order valence-corrected chi connectivity index (χ2v) is 4.64. The minimum Gasteiger partial charge on any atom is -0.465 e. The van der Waals surface area contributed by atoms with Gasteiger partial charge < -0.3 is 9.22 Å². The number of carbonyl (C=O) groups excluding carboxylic acids is 1. The van der Waals surface area contributed by atoms with E-state index in [0.29, 0.717) is 5.56 Å². The van der Waals surface area contributed by atoms with Gasteiger partial charge in [-0.3, -0.25) is 0 Å². The van der Waals surface area contributed by atoms with Crippen LogP contribution in [-0.4, -0.2) is 38.7 Å². The van der Waals surface area contributed by atoms with Crippen molar-refractivity contribution in [3.05, 3.63) is 35.4 Å². The van der Waals surface area contributed by atoms with Gasteiger partial charge in [0.05, 0.1) is 33.8 Å². The molecule has 3 heteroatoms. The van der Waals surface area contributed by atoms with Crippen molar-refractivity contribution in [1.82, 2.24) is 0 Å². The molecule has 0 aliphatic heterocycles. The molecule has 0 N–H and O–H groups in total. The smallest absolute Gasteiger partial charge is 0.337 e. The van der Waals surface area contributed by atoms with Crippen LogP contribution in [-0.2, 0) is 11.3 Å². The van der Waals surface area contributed by atoms with Gasteiger partial charge >= 0.3 is 5.97 Å². The number of hydrogen-bond acceptors (Lipinski definition) is 2. The first-order valence-electron chi connectivity index (χ1n) is 4.90. The lowest BCUT2D eigenvalue weighted by atomic mass is 10.1. The predicted octanol–water partition coefficient (Wildman–Crippen LogP) is 1.68. The molecule has 0 unspecified atom stereocenters. The normalized spacial score (nSPS) is 11.2. The van der Waals surface area contributed by atoms with E-state index in [1.54, 1.807) is 12.1 Å². The van der Waals surface area contributed by atoms with Crippen LogP contribution in [0.15, 0.2) is 24.3 Å². The standard InChI is InChI=1S/C12H18NO2/c1-13(2,3)9-10-5-7-11(8-6-10)12(14)15-4/h5-8H,9H2,1-4H3/q+1. The lowest BCUT2D eigenvalue weighted by Gasteiger charge is -2.23. The van der Waals surface area contributed by atoms with E-state index in [0.717, 1.165) is 11.0 Å². The van der Waals surface area contributed by atoms with Crippen molar-refractivity contribution in [1.29, 1.82) is 0 Å². The van der Waals surface area contributed by atoms with Crippen molar-refractivity contribution in [2.75, 3.05) is 28.3 Å². The maximum absolute atomic E-state index is 11.2. The van der Waals surface area contributed by atoms with E-state index >= 15 is 0 Å². The summed E-state index contributed by atoms with van der Waals surface area (Å²) in [6.45, 7) is 0.946. The van der Waals surface area contributed by atoms with E-state index in [2.05, 4.69) is 25.9 Å². The highest BCUT2D eigenvalue weighted by atomic mass is 16.5. The molecular formula is C12H18NO2+. The van der Waals surface area contributed by atoms with Gasteiger partial charge in [0.15, 0.2) is 0 Å².